The van der Waals surface area contributed by atoms with E-state index in [-0.39, 0.29) is 6.61 Å². The third kappa shape index (κ3) is 4.45. The van der Waals surface area contributed by atoms with E-state index in [9.17, 15) is 9.18 Å². The standard InChI is InChI=1S/C17H15FN2O3/c1-22-15-4-2-3-5-16(15)23-11-17(21)20-14(10-19)12-6-8-13(18)9-7-12/h2-9,14H,11H2,1H3,(H,20,21)/t14-/m1/s1. The number of hydrogen-bond donors (Lipinski definition) is 1. The number of benzene rings is 2. The molecule has 0 bridgehead atoms. The monoisotopic (exact) mass is 314 g/mol. The summed E-state index contributed by atoms with van der Waals surface area (Å²) in [5, 5.41) is 11.7. The molecule has 118 valence electrons. The van der Waals surface area contributed by atoms with Gasteiger partial charge in [0.25, 0.3) is 5.91 Å². The fraction of sp³-hybridized carbons (Fsp3) is 0.176. The minimum absolute atomic E-state index is 0.264. The summed E-state index contributed by atoms with van der Waals surface area (Å²) in [5.41, 5.74) is 0.500. The van der Waals surface area contributed by atoms with E-state index in [1.807, 2.05) is 6.07 Å². The minimum Gasteiger partial charge on any atom is -0.493 e. The summed E-state index contributed by atoms with van der Waals surface area (Å²) in [6, 6.07) is 13.4. The molecule has 0 saturated heterocycles. The smallest absolute Gasteiger partial charge is 0.259 e. The maximum atomic E-state index is 12.9. The Morgan fingerprint density at radius 2 is 1.87 bits per heavy atom. The molecule has 0 aliphatic heterocycles. The summed E-state index contributed by atoms with van der Waals surface area (Å²) in [7, 11) is 1.50. The number of carbonyl (C=O) groups is 1. The van der Waals surface area contributed by atoms with Crippen molar-refractivity contribution >= 4 is 5.91 Å². The zero-order valence-corrected chi connectivity index (χ0v) is 12.5. The van der Waals surface area contributed by atoms with Crippen LogP contribution in [0, 0.1) is 17.1 Å². The number of carbonyl (C=O) groups excluding carboxylic acids is 1. The molecule has 1 amide bonds. The second kappa shape index (κ2) is 7.80. The van der Waals surface area contributed by atoms with Crippen LogP contribution in [-0.2, 0) is 4.79 Å². The lowest BCUT2D eigenvalue weighted by atomic mass is 10.1. The Morgan fingerprint density at radius 1 is 1.22 bits per heavy atom. The Morgan fingerprint density at radius 3 is 2.48 bits per heavy atom. The third-order valence-corrected chi connectivity index (χ3v) is 3.07. The van der Waals surface area contributed by atoms with Gasteiger partial charge in [0.05, 0.1) is 13.2 Å². The number of nitrogens with zero attached hydrogens (tertiary/aromatic N) is 1. The molecule has 5 nitrogen and oxygen atoms in total. The molecule has 0 fully saturated rings. The van der Waals surface area contributed by atoms with Crippen molar-refractivity contribution in [2.24, 2.45) is 0 Å². The fourth-order valence-electron chi connectivity index (χ4n) is 1.93. The van der Waals surface area contributed by atoms with Crippen molar-refractivity contribution < 1.29 is 18.7 Å². The van der Waals surface area contributed by atoms with Gasteiger partial charge in [0.1, 0.15) is 11.9 Å². The van der Waals surface area contributed by atoms with Gasteiger partial charge < -0.3 is 14.8 Å². The van der Waals surface area contributed by atoms with Crippen LogP contribution in [0.15, 0.2) is 48.5 Å². The van der Waals surface area contributed by atoms with Gasteiger partial charge in [-0.25, -0.2) is 4.39 Å². The van der Waals surface area contributed by atoms with Crippen LogP contribution in [0.4, 0.5) is 4.39 Å². The number of hydrogen-bond acceptors (Lipinski definition) is 4. The first-order valence-electron chi connectivity index (χ1n) is 6.84. The van der Waals surface area contributed by atoms with Crippen molar-refractivity contribution in [3.8, 4) is 17.6 Å². The number of nitrogens with one attached hydrogen (secondary N) is 1. The molecule has 0 spiro atoms. The van der Waals surface area contributed by atoms with E-state index in [0.717, 1.165) is 0 Å². The molecule has 6 heteroatoms. The van der Waals surface area contributed by atoms with Crippen LogP contribution in [0.25, 0.3) is 0 Å². The summed E-state index contributed by atoms with van der Waals surface area (Å²) in [5.74, 6) is 0.0687. The molecular weight excluding hydrogens is 299 g/mol. The first-order valence-corrected chi connectivity index (χ1v) is 6.84. The topological polar surface area (TPSA) is 71.3 Å². The highest BCUT2D eigenvalue weighted by Gasteiger charge is 2.15. The van der Waals surface area contributed by atoms with E-state index in [2.05, 4.69) is 5.32 Å². The highest BCUT2D eigenvalue weighted by molar-refractivity contribution is 5.78. The molecule has 0 unspecified atom stereocenters. The summed E-state index contributed by atoms with van der Waals surface area (Å²) >= 11 is 0. The lowest BCUT2D eigenvalue weighted by Crippen LogP contribution is -2.32. The fourth-order valence-corrected chi connectivity index (χ4v) is 1.93. The number of amides is 1. The number of ether oxygens (including phenoxy) is 2. The van der Waals surface area contributed by atoms with Gasteiger partial charge >= 0.3 is 0 Å². The SMILES string of the molecule is COc1ccccc1OCC(=O)N[C@H](C#N)c1ccc(F)cc1. The molecule has 1 atom stereocenters. The largest absolute Gasteiger partial charge is 0.493 e. The Hall–Kier alpha value is -3.07. The predicted octanol–water partition coefficient (Wildman–Crippen LogP) is 2.59. The highest BCUT2D eigenvalue weighted by atomic mass is 19.1. The van der Waals surface area contributed by atoms with Gasteiger partial charge in [0, 0.05) is 0 Å². The predicted molar refractivity (Wildman–Crippen MR) is 81.4 cm³/mol. The van der Waals surface area contributed by atoms with Crippen LogP contribution in [0.1, 0.15) is 11.6 Å². The number of halogens is 1. The molecule has 0 heterocycles. The first-order chi connectivity index (χ1) is 11.1. The van der Waals surface area contributed by atoms with Crippen molar-refractivity contribution in [3.63, 3.8) is 0 Å². The highest BCUT2D eigenvalue weighted by Crippen LogP contribution is 2.25. The van der Waals surface area contributed by atoms with Crippen molar-refractivity contribution in [2.45, 2.75) is 6.04 Å². The molecule has 2 aromatic rings. The summed E-state index contributed by atoms with van der Waals surface area (Å²) in [6.45, 7) is -0.264. The number of para-hydroxylation sites is 2. The molecule has 2 rings (SSSR count). The van der Waals surface area contributed by atoms with Crippen LogP contribution < -0.4 is 14.8 Å². The van der Waals surface area contributed by atoms with E-state index in [4.69, 9.17) is 14.7 Å². The molecule has 0 aromatic heterocycles. The Labute approximate surface area is 133 Å². The molecule has 2 aromatic carbocycles. The second-order valence-electron chi connectivity index (χ2n) is 4.62. The summed E-state index contributed by atoms with van der Waals surface area (Å²) in [6.07, 6.45) is 0. The van der Waals surface area contributed by atoms with Crippen LogP contribution in [0.3, 0.4) is 0 Å². The first kappa shape index (κ1) is 16.3. The number of methoxy groups -OCH3 is 1. The Kier molecular flexibility index (Phi) is 5.53. The average Bonchev–Trinajstić information content (AvgIpc) is 2.59. The summed E-state index contributed by atoms with van der Waals surface area (Å²) < 4.78 is 23.4. The van der Waals surface area contributed by atoms with Crippen LogP contribution >= 0.6 is 0 Å². The number of nitriles is 1. The van der Waals surface area contributed by atoms with Gasteiger partial charge in [-0.15, -0.1) is 0 Å². The maximum Gasteiger partial charge on any atom is 0.259 e. The van der Waals surface area contributed by atoms with Gasteiger partial charge in [-0.2, -0.15) is 5.26 Å². The minimum atomic E-state index is -0.871. The van der Waals surface area contributed by atoms with E-state index in [1.54, 1.807) is 24.3 Å². The molecular formula is C17H15FN2O3. The molecule has 23 heavy (non-hydrogen) atoms. The van der Waals surface area contributed by atoms with Crippen molar-refractivity contribution in [1.29, 1.82) is 5.26 Å². The van der Waals surface area contributed by atoms with Crippen molar-refractivity contribution in [1.82, 2.24) is 5.32 Å². The van der Waals surface area contributed by atoms with Crippen molar-refractivity contribution in [2.75, 3.05) is 13.7 Å². The molecule has 0 radical (unpaired) electrons. The average molecular weight is 314 g/mol. The van der Waals surface area contributed by atoms with Gasteiger partial charge in [-0.05, 0) is 29.8 Å². The van der Waals surface area contributed by atoms with Gasteiger partial charge in [0.2, 0.25) is 0 Å². The lowest BCUT2D eigenvalue weighted by molar-refractivity contribution is -0.123. The normalized spacial score (nSPS) is 11.2. The second-order valence-corrected chi connectivity index (χ2v) is 4.62. The quantitative estimate of drug-likeness (QED) is 0.889. The number of rotatable bonds is 6. The lowest BCUT2D eigenvalue weighted by Gasteiger charge is -2.13. The zero-order valence-electron chi connectivity index (χ0n) is 12.5. The van der Waals surface area contributed by atoms with Crippen LogP contribution in [0.5, 0.6) is 11.5 Å². The summed E-state index contributed by atoms with van der Waals surface area (Å²) in [4.78, 5) is 11.9. The van der Waals surface area contributed by atoms with Crippen LogP contribution in [-0.4, -0.2) is 19.6 Å². The molecule has 1 N–H and O–H groups in total. The van der Waals surface area contributed by atoms with E-state index < -0.39 is 17.8 Å². The van der Waals surface area contributed by atoms with Gasteiger partial charge in [-0.3, -0.25) is 4.79 Å². The van der Waals surface area contributed by atoms with Crippen molar-refractivity contribution in [3.05, 3.63) is 59.9 Å². The zero-order chi connectivity index (χ0) is 16.7. The van der Waals surface area contributed by atoms with E-state index in [1.165, 1.54) is 31.4 Å². The molecule has 0 aliphatic rings. The Balaban J connectivity index is 1.95. The van der Waals surface area contributed by atoms with E-state index >= 15 is 0 Å². The van der Waals surface area contributed by atoms with Gasteiger partial charge in [-0.1, -0.05) is 24.3 Å². The van der Waals surface area contributed by atoms with Gasteiger partial charge in [0.15, 0.2) is 18.1 Å². The Bertz CT molecular complexity index is 711. The molecule has 0 aliphatic carbocycles. The molecule has 0 saturated carbocycles. The van der Waals surface area contributed by atoms with Crippen LogP contribution in [0.2, 0.25) is 0 Å². The maximum absolute atomic E-state index is 12.9. The van der Waals surface area contributed by atoms with E-state index in [0.29, 0.717) is 17.1 Å². The third-order valence-electron chi connectivity index (χ3n) is 3.07.